The van der Waals surface area contributed by atoms with E-state index < -0.39 is 22.7 Å². The van der Waals surface area contributed by atoms with Crippen molar-refractivity contribution in [2.75, 3.05) is 0 Å². The van der Waals surface area contributed by atoms with Crippen molar-refractivity contribution in [1.29, 1.82) is 0 Å². The van der Waals surface area contributed by atoms with Crippen LogP contribution in [0.15, 0.2) is 72.8 Å². The van der Waals surface area contributed by atoms with E-state index in [2.05, 4.69) is 93.6 Å². The third-order valence-corrected chi connectivity index (χ3v) is 14.6. The van der Waals surface area contributed by atoms with E-state index in [1.807, 2.05) is 0 Å². The van der Waals surface area contributed by atoms with Crippen molar-refractivity contribution in [3.05, 3.63) is 89.5 Å². The molecule has 0 amide bonds. The molecule has 0 bridgehead atoms. The van der Waals surface area contributed by atoms with E-state index >= 15 is 0 Å². The molecule has 0 unspecified atom stereocenters. The molecule has 0 aliphatic rings. The summed E-state index contributed by atoms with van der Waals surface area (Å²) < 4.78 is 4.68. The van der Waals surface area contributed by atoms with Crippen molar-refractivity contribution in [1.82, 2.24) is 0 Å². The van der Waals surface area contributed by atoms with Gasteiger partial charge < -0.3 is 0 Å². The zero-order valence-electron chi connectivity index (χ0n) is 13.4. The van der Waals surface area contributed by atoms with E-state index in [4.69, 9.17) is 0 Å². The van der Waals surface area contributed by atoms with E-state index in [1.54, 1.807) is 9.37 Å². The molecule has 22 heavy (non-hydrogen) atoms. The number of benzene rings is 3. The van der Waals surface area contributed by atoms with Crippen LogP contribution in [-0.4, -0.2) is 22.7 Å². The van der Waals surface area contributed by atoms with Gasteiger partial charge in [0.15, 0.2) is 0 Å². The molecule has 0 heterocycles. The minimum atomic E-state index is -2.26. The Labute approximate surface area is 142 Å². The molecule has 3 aromatic carbocycles. The van der Waals surface area contributed by atoms with Crippen LogP contribution < -0.4 is 9.37 Å². The predicted octanol–water partition coefficient (Wildman–Crippen LogP) is 3.13. The maximum absolute atomic E-state index is 2.34. The Bertz CT molecular complexity index is 629. The fourth-order valence-corrected chi connectivity index (χ4v) is 12.4. The standard InChI is InChI=1S/3C7H7.Pb/c3*1-7-5-3-2-4-6-7;/h3*3-6H,1H3;. The second-order valence-corrected chi connectivity index (χ2v) is 15.6. The average molecular weight is 481 g/mol. The Morgan fingerprint density at radius 3 is 0.864 bits per heavy atom. The van der Waals surface area contributed by atoms with Crippen LogP contribution in [0.3, 0.4) is 0 Å². The third kappa shape index (κ3) is 3.49. The fraction of sp³-hybridized carbons (Fsp3) is 0.143. The second kappa shape index (κ2) is 6.78. The maximum atomic E-state index is 2.34. The molecule has 0 N–H and O–H groups in total. The molecule has 0 saturated heterocycles. The molecule has 1 heteroatoms. The van der Waals surface area contributed by atoms with Gasteiger partial charge in [-0.1, -0.05) is 0 Å². The molecular weight excluding hydrogens is 459 g/mol. The average Bonchev–Trinajstić information content (AvgIpc) is 2.53. The zero-order valence-corrected chi connectivity index (χ0v) is 17.3. The number of hydrogen-bond acceptors (Lipinski definition) is 0. The Morgan fingerprint density at radius 2 is 0.636 bits per heavy atom. The van der Waals surface area contributed by atoms with Gasteiger partial charge in [0, 0.05) is 0 Å². The fourth-order valence-electron chi connectivity index (χ4n) is 2.66. The molecule has 0 aromatic heterocycles. The first kappa shape index (κ1) is 15.5. The van der Waals surface area contributed by atoms with Crippen LogP contribution in [0, 0.1) is 20.8 Å². The Balaban J connectivity index is 2.10. The molecule has 0 nitrogen and oxygen atoms in total. The molecule has 0 saturated carbocycles. The van der Waals surface area contributed by atoms with Gasteiger partial charge in [-0.2, -0.15) is 0 Å². The summed E-state index contributed by atoms with van der Waals surface area (Å²) in [5.74, 6) is 0. The summed E-state index contributed by atoms with van der Waals surface area (Å²) in [6.07, 6.45) is 0. The summed E-state index contributed by atoms with van der Waals surface area (Å²) in [4.78, 5) is 0. The number of hydrogen-bond donors (Lipinski definition) is 0. The van der Waals surface area contributed by atoms with Gasteiger partial charge in [-0.05, 0) is 0 Å². The van der Waals surface area contributed by atoms with Gasteiger partial charge in [0.1, 0.15) is 0 Å². The Hall–Kier alpha value is -1.42. The van der Waals surface area contributed by atoms with Crippen molar-refractivity contribution >= 4 is 32.1 Å². The second-order valence-electron chi connectivity index (χ2n) is 5.97. The van der Waals surface area contributed by atoms with Gasteiger partial charge in [-0.25, -0.2) is 0 Å². The van der Waals surface area contributed by atoms with Crippen LogP contribution in [0.4, 0.5) is 0 Å². The molecule has 0 fully saturated rings. The summed E-state index contributed by atoms with van der Waals surface area (Å²) in [6.45, 7) is 6.48. The molecule has 109 valence electrons. The summed E-state index contributed by atoms with van der Waals surface area (Å²) in [7, 11) is 0. The summed E-state index contributed by atoms with van der Waals surface area (Å²) >= 11 is -2.26. The molecule has 0 aliphatic heterocycles. The summed E-state index contributed by atoms with van der Waals surface area (Å²) in [5.41, 5.74) is 4.01. The minimum absolute atomic E-state index is 1.34. The van der Waals surface area contributed by atoms with Gasteiger partial charge in [-0.15, -0.1) is 0 Å². The monoisotopic (exact) mass is 481 g/mol. The van der Waals surface area contributed by atoms with Crippen molar-refractivity contribution in [3.63, 3.8) is 0 Å². The predicted molar refractivity (Wildman–Crippen MR) is 98.2 cm³/mol. The first-order valence-electron chi connectivity index (χ1n) is 7.71. The van der Waals surface area contributed by atoms with Gasteiger partial charge >= 0.3 is 142 Å². The van der Waals surface area contributed by atoms with Crippen LogP contribution in [0.2, 0.25) is 0 Å². The van der Waals surface area contributed by atoms with Gasteiger partial charge in [0.25, 0.3) is 0 Å². The van der Waals surface area contributed by atoms with Crippen molar-refractivity contribution < 1.29 is 0 Å². The van der Waals surface area contributed by atoms with E-state index in [9.17, 15) is 0 Å². The van der Waals surface area contributed by atoms with Gasteiger partial charge in [0.2, 0.25) is 0 Å². The van der Waals surface area contributed by atoms with Crippen LogP contribution in [0.1, 0.15) is 16.7 Å². The van der Waals surface area contributed by atoms with E-state index in [1.165, 1.54) is 16.7 Å². The molecule has 0 spiro atoms. The molecule has 1 radical (unpaired) electrons. The van der Waals surface area contributed by atoms with Crippen LogP contribution in [0.25, 0.3) is 0 Å². The molecular formula is C21H21Pb. The molecule has 0 aliphatic carbocycles. The van der Waals surface area contributed by atoms with Crippen LogP contribution in [0.5, 0.6) is 0 Å². The third-order valence-electron chi connectivity index (χ3n) is 4.02. The number of rotatable bonds is 3. The van der Waals surface area contributed by atoms with Crippen molar-refractivity contribution in [2.45, 2.75) is 20.8 Å². The van der Waals surface area contributed by atoms with E-state index in [0.29, 0.717) is 0 Å². The molecule has 3 aromatic rings. The normalized spacial score (nSPS) is 10.9. The van der Waals surface area contributed by atoms with Crippen LogP contribution >= 0.6 is 0 Å². The van der Waals surface area contributed by atoms with Crippen molar-refractivity contribution in [3.8, 4) is 0 Å². The van der Waals surface area contributed by atoms with Gasteiger partial charge in [-0.3, -0.25) is 0 Å². The number of aryl methyl sites for hydroxylation is 3. The van der Waals surface area contributed by atoms with E-state index in [0.717, 1.165) is 0 Å². The van der Waals surface area contributed by atoms with Gasteiger partial charge in [0.05, 0.1) is 0 Å². The summed E-state index contributed by atoms with van der Waals surface area (Å²) in [5, 5.41) is 0. The topological polar surface area (TPSA) is 0 Å². The Morgan fingerprint density at radius 1 is 0.409 bits per heavy atom. The van der Waals surface area contributed by atoms with Crippen LogP contribution in [-0.2, 0) is 0 Å². The van der Waals surface area contributed by atoms with Crippen molar-refractivity contribution in [2.24, 2.45) is 0 Å². The molecule has 3 rings (SSSR count). The first-order valence-corrected chi connectivity index (χ1v) is 13.5. The quantitative estimate of drug-likeness (QED) is 0.506. The van der Waals surface area contributed by atoms with E-state index in [-0.39, 0.29) is 0 Å². The Kier molecular flexibility index (Phi) is 4.77. The zero-order chi connectivity index (χ0) is 15.5. The summed E-state index contributed by atoms with van der Waals surface area (Å²) in [6, 6.07) is 27.6. The SMILES string of the molecule is Cc1cc[c]([Pb]([c]2ccc(C)cc2)[c]2ccc(C)cc2)cc1. The first-order chi connectivity index (χ1) is 10.6. The molecule has 0 atom stereocenters.